The van der Waals surface area contributed by atoms with E-state index in [1.807, 2.05) is 0 Å². The lowest BCUT2D eigenvalue weighted by molar-refractivity contribution is 0.175. The Morgan fingerprint density at radius 1 is 1.40 bits per heavy atom. The van der Waals surface area contributed by atoms with E-state index >= 15 is 0 Å². The lowest BCUT2D eigenvalue weighted by Gasteiger charge is -2.25. The number of ether oxygens (including phenoxy) is 1. The maximum atomic E-state index is 14.0. The van der Waals surface area contributed by atoms with Gasteiger partial charge < -0.3 is 10.5 Å². The maximum absolute atomic E-state index is 14.0. The SMILES string of the molecule is Cn1nc(-c2ccc(OCC3CCC3)c(F)c2)cc1N. The highest BCUT2D eigenvalue weighted by Gasteiger charge is 2.18. The molecule has 1 saturated carbocycles. The predicted molar refractivity (Wildman–Crippen MR) is 75.9 cm³/mol. The van der Waals surface area contributed by atoms with Crippen LogP contribution in [0.2, 0.25) is 0 Å². The number of anilines is 1. The van der Waals surface area contributed by atoms with E-state index in [1.165, 1.54) is 25.3 Å². The third-order valence-corrected chi connectivity index (χ3v) is 3.84. The van der Waals surface area contributed by atoms with Gasteiger partial charge in [-0.2, -0.15) is 5.10 Å². The summed E-state index contributed by atoms with van der Waals surface area (Å²) < 4.78 is 21.1. The molecule has 0 atom stereocenters. The van der Waals surface area contributed by atoms with Crippen molar-refractivity contribution in [2.75, 3.05) is 12.3 Å². The fourth-order valence-electron chi connectivity index (χ4n) is 2.27. The number of hydrogen-bond donors (Lipinski definition) is 1. The molecular formula is C15H18FN3O. The zero-order valence-corrected chi connectivity index (χ0v) is 11.5. The van der Waals surface area contributed by atoms with Crippen molar-refractivity contribution in [2.45, 2.75) is 19.3 Å². The molecule has 1 aromatic carbocycles. The van der Waals surface area contributed by atoms with Crippen molar-refractivity contribution in [3.63, 3.8) is 0 Å². The molecule has 0 radical (unpaired) electrons. The molecule has 3 rings (SSSR count). The standard InChI is InChI=1S/C15H18FN3O/c1-19-15(17)8-13(18-19)11-5-6-14(12(16)7-11)20-9-10-3-2-4-10/h5-8,10H,2-4,9,17H2,1H3. The second kappa shape index (κ2) is 5.15. The molecule has 0 amide bonds. The van der Waals surface area contributed by atoms with E-state index in [0.29, 0.717) is 35.3 Å². The van der Waals surface area contributed by atoms with Gasteiger partial charge in [-0.25, -0.2) is 4.39 Å². The average Bonchev–Trinajstić information content (AvgIpc) is 2.69. The first-order chi connectivity index (χ1) is 9.63. The molecule has 0 unspecified atom stereocenters. The van der Waals surface area contributed by atoms with Crippen molar-refractivity contribution in [3.8, 4) is 17.0 Å². The molecule has 0 spiro atoms. The molecule has 2 aromatic rings. The zero-order valence-electron chi connectivity index (χ0n) is 11.5. The van der Waals surface area contributed by atoms with Crippen molar-refractivity contribution in [1.82, 2.24) is 9.78 Å². The van der Waals surface area contributed by atoms with E-state index in [9.17, 15) is 4.39 Å². The summed E-state index contributed by atoms with van der Waals surface area (Å²) in [4.78, 5) is 0. The van der Waals surface area contributed by atoms with Gasteiger partial charge in [0.2, 0.25) is 0 Å². The Balaban J connectivity index is 1.75. The number of aromatic nitrogens is 2. The van der Waals surface area contributed by atoms with Gasteiger partial charge in [0.15, 0.2) is 11.6 Å². The Labute approximate surface area is 117 Å². The number of hydrogen-bond acceptors (Lipinski definition) is 3. The molecule has 1 aliphatic rings. The maximum Gasteiger partial charge on any atom is 0.165 e. The Kier molecular flexibility index (Phi) is 3.34. The van der Waals surface area contributed by atoms with Crippen molar-refractivity contribution >= 4 is 5.82 Å². The van der Waals surface area contributed by atoms with E-state index in [0.717, 1.165) is 0 Å². The van der Waals surface area contributed by atoms with Crippen LogP contribution < -0.4 is 10.5 Å². The lowest BCUT2D eigenvalue weighted by atomic mass is 9.86. The zero-order chi connectivity index (χ0) is 14.1. The van der Waals surface area contributed by atoms with Crippen LogP contribution in [0.5, 0.6) is 5.75 Å². The molecule has 5 heteroatoms. The third-order valence-electron chi connectivity index (χ3n) is 3.84. The van der Waals surface area contributed by atoms with E-state index < -0.39 is 0 Å². The summed E-state index contributed by atoms with van der Waals surface area (Å²) in [5.41, 5.74) is 7.09. The average molecular weight is 275 g/mol. The Morgan fingerprint density at radius 3 is 2.75 bits per heavy atom. The van der Waals surface area contributed by atoms with Gasteiger partial charge in [0.25, 0.3) is 0 Å². The smallest absolute Gasteiger partial charge is 0.165 e. The van der Waals surface area contributed by atoms with Gasteiger partial charge in [0, 0.05) is 18.7 Å². The van der Waals surface area contributed by atoms with Crippen LogP contribution in [0.4, 0.5) is 10.2 Å². The summed E-state index contributed by atoms with van der Waals surface area (Å²) in [5, 5.41) is 4.23. The number of rotatable bonds is 4. The molecule has 0 saturated heterocycles. The summed E-state index contributed by atoms with van der Waals surface area (Å²) in [7, 11) is 1.76. The van der Waals surface area contributed by atoms with Gasteiger partial charge >= 0.3 is 0 Å². The molecule has 0 bridgehead atoms. The molecular weight excluding hydrogens is 257 g/mol. The van der Waals surface area contributed by atoms with Crippen LogP contribution in [0, 0.1) is 11.7 Å². The molecule has 4 nitrogen and oxygen atoms in total. The molecule has 106 valence electrons. The topological polar surface area (TPSA) is 53.1 Å². The predicted octanol–water partition coefficient (Wildman–Crippen LogP) is 2.99. The summed E-state index contributed by atoms with van der Waals surface area (Å²) in [6, 6.07) is 6.64. The number of benzene rings is 1. The lowest BCUT2D eigenvalue weighted by Crippen LogP contribution is -2.19. The van der Waals surface area contributed by atoms with Crippen molar-refractivity contribution < 1.29 is 9.13 Å². The minimum Gasteiger partial charge on any atom is -0.490 e. The number of halogens is 1. The first-order valence-corrected chi connectivity index (χ1v) is 6.86. The quantitative estimate of drug-likeness (QED) is 0.933. The van der Waals surface area contributed by atoms with Gasteiger partial charge in [-0.15, -0.1) is 0 Å². The number of nitrogens with zero attached hydrogens (tertiary/aromatic N) is 2. The van der Waals surface area contributed by atoms with Crippen LogP contribution in [0.25, 0.3) is 11.3 Å². The summed E-state index contributed by atoms with van der Waals surface area (Å²) >= 11 is 0. The molecule has 1 heterocycles. The van der Waals surface area contributed by atoms with Crippen LogP contribution in [-0.4, -0.2) is 16.4 Å². The van der Waals surface area contributed by atoms with Gasteiger partial charge in [-0.05, 0) is 37.0 Å². The largest absolute Gasteiger partial charge is 0.490 e. The highest BCUT2D eigenvalue weighted by Crippen LogP contribution is 2.29. The van der Waals surface area contributed by atoms with Gasteiger partial charge in [0.05, 0.1) is 12.3 Å². The summed E-state index contributed by atoms with van der Waals surface area (Å²) in [6.07, 6.45) is 3.64. The highest BCUT2D eigenvalue weighted by atomic mass is 19.1. The first-order valence-electron chi connectivity index (χ1n) is 6.86. The fourth-order valence-corrected chi connectivity index (χ4v) is 2.27. The molecule has 1 aromatic heterocycles. The molecule has 20 heavy (non-hydrogen) atoms. The second-order valence-electron chi connectivity index (χ2n) is 5.33. The summed E-state index contributed by atoms with van der Waals surface area (Å²) in [5.74, 6) is 1.09. The van der Waals surface area contributed by atoms with Gasteiger partial charge in [-0.1, -0.05) is 6.42 Å². The Bertz CT molecular complexity index is 600. The third kappa shape index (κ3) is 2.48. The van der Waals surface area contributed by atoms with Crippen LogP contribution in [-0.2, 0) is 7.05 Å². The van der Waals surface area contributed by atoms with E-state index in [-0.39, 0.29) is 5.82 Å². The molecule has 1 aliphatic carbocycles. The van der Waals surface area contributed by atoms with Gasteiger partial charge in [0.1, 0.15) is 5.82 Å². The normalized spacial score (nSPS) is 15.1. The number of nitrogens with two attached hydrogens (primary N) is 1. The molecule has 1 fully saturated rings. The number of aryl methyl sites for hydroxylation is 1. The van der Waals surface area contributed by atoms with Gasteiger partial charge in [-0.3, -0.25) is 4.68 Å². The van der Waals surface area contributed by atoms with E-state index in [1.54, 1.807) is 29.9 Å². The van der Waals surface area contributed by atoms with Crippen LogP contribution in [0.1, 0.15) is 19.3 Å². The first kappa shape index (κ1) is 13.0. The molecule has 0 aliphatic heterocycles. The van der Waals surface area contributed by atoms with Crippen molar-refractivity contribution in [3.05, 3.63) is 30.1 Å². The monoisotopic (exact) mass is 275 g/mol. The van der Waals surface area contributed by atoms with E-state index in [4.69, 9.17) is 10.5 Å². The van der Waals surface area contributed by atoms with Crippen molar-refractivity contribution in [1.29, 1.82) is 0 Å². The Hall–Kier alpha value is -2.04. The Morgan fingerprint density at radius 2 is 2.20 bits per heavy atom. The minimum absolute atomic E-state index is 0.310. The highest BCUT2D eigenvalue weighted by molar-refractivity contribution is 5.63. The van der Waals surface area contributed by atoms with Crippen molar-refractivity contribution in [2.24, 2.45) is 13.0 Å². The number of nitrogen functional groups attached to an aromatic ring is 1. The fraction of sp³-hybridized carbons (Fsp3) is 0.400. The second-order valence-corrected chi connectivity index (χ2v) is 5.33. The molecule has 2 N–H and O–H groups in total. The van der Waals surface area contributed by atoms with E-state index in [2.05, 4.69) is 5.10 Å². The van der Waals surface area contributed by atoms with Crippen LogP contribution in [0.3, 0.4) is 0 Å². The van der Waals surface area contributed by atoms with Crippen LogP contribution >= 0.6 is 0 Å². The van der Waals surface area contributed by atoms with Crippen LogP contribution in [0.15, 0.2) is 24.3 Å². The summed E-state index contributed by atoms with van der Waals surface area (Å²) in [6.45, 7) is 0.604. The minimum atomic E-state index is -0.356.